The van der Waals surface area contributed by atoms with Crippen LogP contribution in [0.2, 0.25) is 0 Å². The lowest BCUT2D eigenvalue weighted by molar-refractivity contribution is 0.0962. The zero-order valence-corrected chi connectivity index (χ0v) is 17.0. The molecule has 31 heavy (non-hydrogen) atoms. The smallest absolute Gasteiger partial charge is 0.225 e. The van der Waals surface area contributed by atoms with Crippen molar-refractivity contribution >= 4 is 17.4 Å². The monoisotopic (exact) mass is 418 g/mol. The summed E-state index contributed by atoms with van der Waals surface area (Å²) in [6.07, 6.45) is 2.56. The van der Waals surface area contributed by atoms with Gasteiger partial charge in [0.2, 0.25) is 5.95 Å². The fourth-order valence-electron chi connectivity index (χ4n) is 4.50. The number of rotatable bonds is 3. The van der Waals surface area contributed by atoms with E-state index in [-0.39, 0.29) is 23.3 Å². The summed E-state index contributed by atoms with van der Waals surface area (Å²) >= 11 is 0. The topological polar surface area (TPSA) is 69.6 Å². The lowest BCUT2D eigenvalue weighted by Gasteiger charge is -2.36. The van der Waals surface area contributed by atoms with E-state index in [2.05, 4.69) is 9.88 Å². The molecule has 1 aliphatic carbocycles. The third kappa shape index (κ3) is 3.71. The maximum absolute atomic E-state index is 14.1. The number of carbonyl (C=O) groups excluding carboxylic acids is 1. The van der Waals surface area contributed by atoms with Crippen molar-refractivity contribution in [3.63, 3.8) is 0 Å². The van der Waals surface area contributed by atoms with Crippen LogP contribution in [0, 0.1) is 5.82 Å². The third-order valence-corrected chi connectivity index (χ3v) is 6.16. The first kappa shape index (κ1) is 19.5. The van der Waals surface area contributed by atoms with Crippen molar-refractivity contribution in [2.75, 3.05) is 36.0 Å². The molecular weight excluding hydrogens is 395 g/mol. The number of phenols is 1. The Hall–Kier alpha value is -3.48. The van der Waals surface area contributed by atoms with Crippen LogP contribution in [-0.2, 0) is 6.42 Å². The number of hydrogen-bond donors (Lipinski definition) is 1. The molecule has 2 aromatic carbocycles. The summed E-state index contributed by atoms with van der Waals surface area (Å²) in [5.41, 5.74) is 2.69. The average Bonchev–Trinajstić information content (AvgIpc) is 2.79. The van der Waals surface area contributed by atoms with Gasteiger partial charge in [0.1, 0.15) is 11.6 Å². The van der Waals surface area contributed by atoms with Crippen LogP contribution in [0.25, 0.3) is 0 Å². The SMILES string of the molecule is O=C1C[C@@H](c2ccccc2O)Cc2nc(N3CCN(c4ccccc4F)CC3)ncc21. The van der Waals surface area contributed by atoms with E-state index in [1.807, 2.05) is 23.1 Å². The van der Waals surface area contributed by atoms with Gasteiger partial charge in [-0.15, -0.1) is 0 Å². The highest BCUT2D eigenvalue weighted by molar-refractivity contribution is 5.98. The summed E-state index contributed by atoms with van der Waals surface area (Å²) in [4.78, 5) is 26.0. The molecule has 1 saturated heterocycles. The number of halogens is 1. The highest BCUT2D eigenvalue weighted by Crippen LogP contribution is 2.36. The second kappa shape index (κ2) is 7.98. The molecule has 0 spiro atoms. The molecular formula is C24H23FN4O2. The molecule has 7 heteroatoms. The van der Waals surface area contributed by atoms with Gasteiger partial charge in [-0.2, -0.15) is 0 Å². The zero-order chi connectivity index (χ0) is 21.4. The maximum Gasteiger partial charge on any atom is 0.225 e. The number of anilines is 2. The van der Waals surface area contributed by atoms with Crippen molar-refractivity contribution in [1.29, 1.82) is 0 Å². The molecule has 0 radical (unpaired) electrons. The van der Waals surface area contributed by atoms with Gasteiger partial charge in [-0.25, -0.2) is 14.4 Å². The number of Topliss-reactive ketones (excluding diaryl/α,β-unsaturated/α-hetero) is 1. The molecule has 158 valence electrons. The molecule has 5 rings (SSSR count). The van der Waals surface area contributed by atoms with Crippen molar-refractivity contribution in [2.45, 2.75) is 18.8 Å². The van der Waals surface area contributed by atoms with Crippen LogP contribution in [0.1, 0.15) is 34.0 Å². The first-order valence-electron chi connectivity index (χ1n) is 10.5. The summed E-state index contributed by atoms with van der Waals surface area (Å²) in [6.45, 7) is 2.68. The van der Waals surface area contributed by atoms with E-state index in [4.69, 9.17) is 4.98 Å². The Morgan fingerprint density at radius 2 is 1.65 bits per heavy atom. The summed E-state index contributed by atoms with van der Waals surface area (Å²) in [5, 5.41) is 10.2. The summed E-state index contributed by atoms with van der Waals surface area (Å²) in [6, 6.07) is 14.0. The fraction of sp³-hybridized carbons (Fsp3) is 0.292. The van der Waals surface area contributed by atoms with Gasteiger partial charge in [0, 0.05) is 44.7 Å². The Balaban J connectivity index is 1.34. The molecule has 1 aromatic heterocycles. The van der Waals surface area contributed by atoms with Gasteiger partial charge in [0.15, 0.2) is 5.78 Å². The number of para-hydroxylation sites is 2. The number of aromatic hydroxyl groups is 1. The number of nitrogens with zero attached hydrogens (tertiary/aromatic N) is 4. The van der Waals surface area contributed by atoms with Crippen LogP contribution < -0.4 is 9.80 Å². The standard InChI is InChI=1S/C24H23FN4O2/c25-19-6-2-3-7-21(19)28-9-11-29(12-10-28)24-26-15-18-20(27-24)13-16(14-23(18)31)17-5-1-4-8-22(17)30/h1-8,15-16,30H,9-14H2/t16-/m0/s1. The maximum atomic E-state index is 14.1. The van der Waals surface area contributed by atoms with Gasteiger partial charge in [-0.1, -0.05) is 30.3 Å². The second-order valence-corrected chi connectivity index (χ2v) is 8.04. The van der Waals surface area contributed by atoms with Crippen molar-refractivity contribution in [1.82, 2.24) is 9.97 Å². The fourth-order valence-corrected chi connectivity index (χ4v) is 4.50. The van der Waals surface area contributed by atoms with E-state index >= 15 is 0 Å². The molecule has 2 aliphatic rings. The van der Waals surface area contributed by atoms with Crippen LogP contribution >= 0.6 is 0 Å². The Labute approximate surface area is 180 Å². The molecule has 0 bridgehead atoms. The number of ketones is 1. The van der Waals surface area contributed by atoms with Crippen molar-refractivity contribution < 1.29 is 14.3 Å². The molecule has 6 nitrogen and oxygen atoms in total. The van der Waals surface area contributed by atoms with Crippen LogP contribution in [0.4, 0.5) is 16.0 Å². The highest BCUT2D eigenvalue weighted by atomic mass is 19.1. The molecule has 1 atom stereocenters. The highest BCUT2D eigenvalue weighted by Gasteiger charge is 2.30. The van der Waals surface area contributed by atoms with Crippen molar-refractivity contribution in [3.8, 4) is 5.75 Å². The molecule has 2 heterocycles. The number of aromatic nitrogens is 2. The molecule has 1 N–H and O–H groups in total. The number of piperazine rings is 1. The summed E-state index contributed by atoms with van der Waals surface area (Å²) in [7, 11) is 0. The minimum atomic E-state index is -0.213. The normalized spacial score (nSPS) is 18.7. The van der Waals surface area contributed by atoms with Gasteiger partial charge in [0.05, 0.1) is 16.9 Å². The van der Waals surface area contributed by atoms with Crippen molar-refractivity contribution in [2.24, 2.45) is 0 Å². The second-order valence-electron chi connectivity index (χ2n) is 8.04. The number of hydrogen-bond acceptors (Lipinski definition) is 6. The first-order chi connectivity index (χ1) is 15.1. The van der Waals surface area contributed by atoms with Gasteiger partial charge in [0.25, 0.3) is 0 Å². The number of benzene rings is 2. The lowest BCUT2D eigenvalue weighted by Crippen LogP contribution is -2.47. The Kier molecular flexibility index (Phi) is 5.02. The molecule has 0 amide bonds. The Morgan fingerprint density at radius 3 is 2.42 bits per heavy atom. The Bertz CT molecular complexity index is 1130. The zero-order valence-electron chi connectivity index (χ0n) is 17.0. The van der Waals surface area contributed by atoms with Gasteiger partial charge < -0.3 is 14.9 Å². The minimum absolute atomic E-state index is 0.00502. The molecule has 3 aromatic rings. The van der Waals surface area contributed by atoms with E-state index < -0.39 is 0 Å². The quantitative estimate of drug-likeness (QED) is 0.702. The Morgan fingerprint density at radius 1 is 0.935 bits per heavy atom. The summed E-state index contributed by atoms with van der Waals surface area (Å²) < 4.78 is 14.1. The van der Waals surface area contributed by atoms with Crippen LogP contribution in [-0.4, -0.2) is 47.0 Å². The van der Waals surface area contributed by atoms with E-state index in [9.17, 15) is 14.3 Å². The van der Waals surface area contributed by atoms with Crippen molar-refractivity contribution in [3.05, 3.63) is 77.4 Å². The van der Waals surface area contributed by atoms with Gasteiger partial charge in [-0.3, -0.25) is 4.79 Å². The van der Waals surface area contributed by atoms with Crippen LogP contribution in [0.3, 0.4) is 0 Å². The largest absolute Gasteiger partial charge is 0.508 e. The molecule has 0 unspecified atom stereocenters. The predicted molar refractivity (Wildman–Crippen MR) is 116 cm³/mol. The number of phenolic OH excluding ortho intramolecular Hbond substituents is 1. The van der Waals surface area contributed by atoms with E-state index in [0.29, 0.717) is 56.2 Å². The number of carbonyl (C=O) groups is 1. The summed E-state index contributed by atoms with van der Waals surface area (Å²) in [5.74, 6) is 0.502. The molecule has 1 aliphatic heterocycles. The van der Waals surface area contributed by atoms with Gasteiger partial charge in [-0.05, 0) is 30.2 Å². The lowest BCUT2D eigenvalue weighted by atomic mass is 9.82. The van der Waals surface area contributed by atoms with E-state index in [1.165, 1.54) is 6.07 Å². The van der Waals surface area contributed by atoms with E-state index in [1.54, 1.807) is 30.5 Å². The predicted octanol–water partition coefficient (Wildman–Crippen LogP) is 3.56. The molecule has 0 saturated carbocycles. The number of fused-ring (bicyclic) bond motifs is 1. The van der Waals surface area contributed by atoms with Crippen LogP contribution in [0.5, 0.6) is 5.75 Å². The van der Waals surface area contributed by atoms with Crippen LogP contribution in [0.15, 0.2) is 54.7 Å². The average molecular weight is 418 g/mol. The van der Waals surface area contributed by atoms with Gasteiger partial charge >= 0.3 is 0 Å². The minimum Gasteiger partial charge on any atom is -0.508 e. The third-order valence-electron chi connectivity index (χ3n) is 6.16. The van der Waals surface area contributed by atoms with E-state index in [0.717, 1.165) is 11.3 Å². The molecule has 1 fully saturated rings. The first-order valence-corrected chi connectivity index (χ1v) is 10.5.